The predicted molar refractivity (Wildman–Crippen MR) is 117 cm³/mol. The first-order valence-electron chi connectivity index (χ1n) is 10.9. The Kier molecular flexibility index (Phi) is 9.62. The number of carbonyl (C=O) groups is 3. The van der Waals surface area contributed by atoms with Crippen LogP contribution >= 0.6 is 0 Å². The van der Waals surface area contributed by atoms with Gasteiger partial charge in [0, 0.05) is 19.0 Å². The topological polar surface area (TPSA) is 110 Å². The van der Waals surface area contributed by atoms with Crippen molar-refractivity contribution in [3.05, 3.63) is 23.8 Å². The first kappa shape index (κ1) is 26.1. The van der Waals surface area contributed by atoms with Gasteiger partial charge in [0.05, 0.1) is 6.61 Å². The average Bonchev–Trinajstić information content (AvgIpc) is 3.18. The minimum absolute atomic E-state index is 0.0142. The van der Waals surface area contributed by atoms with Gasteiger partial charge in [0.1, 0.15) is 5.60 Å². The molecule has 1 aromatic carbocycles. The van der Waals surface area contributed by atoms with Gasteiger partial charge in [-0.05, 0) is 65.2 Å². The average molecular weight is 468 g/mol. The fourth-order valence-electron chi connectivity index (χ4n) is 3.16. The van der Waals surface area contributed by atoms with Crippen LogP contribution in [0.2, 0.25) is 0 Å². The summed E-state index contributed by atoms with van der Waals surface area (Å²) in [7, 11) is 0. The van der Waals surface area contributed by atoms with Crippen LogP contribution in [0.15, 0.2) is 18.2 Å². The van der Waals surface area contributed by atoms with Gasteiger partial charge in [0.2, 0.25) is 13.6 Å². The summed E-state index contributed by atoms with van der Waals surface area (Å²) in [5.74, 6) is 1.01. The third kappa shape index (κ3) is 9.07. The fraction of sp³-hybridized carbons (Fsp3) is 0.609. The molecule has 1 unspecified atom stereocenters. The van der Waals surface area contributed by atoms with Crippen LogP contribution in [0.4, 0.5) is 9.59 Å². The maximum Gasteiger partial charge on any atom is 0.511 e. The van der Waals surface area contributed by atoms with Crippen molar-refractivity contribution in [2.24, 2.45) is 0 Å². The van der Waals surface area contributed by atoms with Crippen LogP contribution in [-0.2, 0) is 30.2 Å². The Labute approximate surface area is 194 Å². The lowest BCUT2D eigenvalue weighted by atomic mass is 10.1. The minimum atomic E-state index is -0.983. The monoisotopic (exact) mass is 467 g/mol. The Balaban J connectivity index is 1.66. The van der Waals surface area contributed by atoms with Gasteiger partial charge in [0.25, 0.3) is 0 Å². The van der Waals surface area contributed by atoms with E-state index < -0.39 is 24.6 Å². The number of likely N-dealkylation sites (N-methyl/N-ethyl adjacent to an activating group) is 1. The summed E-state index contributed by atoms with van der Waals surface area (Å²) < 4.78 is 30.5. The zero-order valence-corrected chi connectivity index (χ0v) is 19.9. The van der Waals surface area contributed by atoms with E-state index in [1.165, 1.54) is 4.90 Å². The van der Waals surface area contributed by atoms with Crippen molar-refractivity contribution in [3.8, 4) is 11.5 Å². The molecule has 1 aliphatic heterocycles. The molecule has 0 aliphatic carbocycles. The molecule has 0 N–H and O–H groups in total. The number of amides is 1. The van der Waals surface area contributed by atoms with E-state index in [1.807, 2.05) is 32.0 Å². The van der Waals surface area contributed by atoms with Crippen molar-refractivity contribution in [2.45, 2.75) is 65.5 Å². The molecule has 10 nitrogen and oxygen atoms in total. The first-order chi connectivity index (χ1) is 15.6. The number of ether oxygens (including phenoxy) is 6. The molecule has 0 saturated heterocycles. The third-order valence-corrected chi connectivity index (χ3v) is 4.60. The highest BCUT2D eigenvalue weighted by Crippen LogP contribution is 2.33. The molecular formula is C23H33NO9. The summed E-state index contributed by atoms with van der Waals surface area (Å²) in [5, 5.41) is 0. The van der Waals surface area contributed by atoms with Gasteiger partial charge >= 0.3 is 18.2 Å². The Morgan fingerprint density at radius 2 is 1.82 bits per heavy atom. The van der Waals surface area contributed by atoms with Gasteiger partial charge in [-0.25, -0.2) is 9.59 Å². The molecule has 0 fully saturated rings. The number of hydrogen-bond acceptors (Lipinski definition) is 9. The molecule has 0 aromatic heterocycles. The van der Waals surface area contributed by atoms with E-state index in [0.717, 1.165) is 5.56 Å². The van der Waals surface area contributed by atoms with Crippen LogP contribution in [0.25, 0.3) is 0 Å². The Hall–Kier alpha value is -3.17. The van der Waals surface area contributed by atoms with Crippen LogP contribution in [0.5, 0.6) is 11.5 Å². The van der Waals surface area contributed by atoms with E-state index in [2.05, 4.69) is 0 Å². The van der Waals surface area contributed by atoms with E-state index in [4.69, 9.17) is 28.4 Å². The Morgan fingerprint density at radius 1 is 1.09 bits per heavy atom. The van der Waals surface area contributed by atoms with Crippen molar-refractivity contribution >= 4 is 18.2 Å². The third-order valence-electron chi connectivity index (χ3n) is 4.60. The second kappa shape index (κ2) is 12.2. The summed E-state index contributed by atoms with van der Waals surface area (Å²) in [6.45, 7) is 9.09. The van der Waals surface area contributed by atoms with Gasteiger partial charge in [-0.1, -0.05) is 6.07 Å². The van der Waals surface area contributed by atoms with Crippen molar-refractivity contribution in [1.29, 1.82) is 0 Å². The van der Waals surface area contributed by atoms with Crippen LogP contribution in [0.3, 0.4) is 0 Å². The van der Waals surface area contributed by atoms with Crippen molar-refractivity contribution in [1.82, 2.24) is 4.90 Å². The van der Waals surface area contributed by atoms with Gasteiger partial charge in [-0.3, -0.25) is 4.79 Å². The molecule has 10 heteroatoms. The summed E-state index contributed by atoms with van der Waals surface area (Å²) in [6.07, 6.45) is -0.594. The molecule has 1 atom stereocenters. The van der Waals surface area contributed by atoms with Gasteiger partial charge < -0.3 is 33.3 Å². The molecule has 0 radical (unpaired) electrons. The van der Waals surface area contributed by atoms with Gasteiger partial charge in [-0.2, -0.15) is 0 Å². The highest BCUT2D eigenvalue weighted by Gasteiger charge is 2.22. The Bertz CT molecular complexity index is 819. The lowest BCUT2D eigenvalue weighted by molar-refractivity contribution is -0.155. The number of benzene rings is 1. The lowest BCUT2D eigenvalue weighted by Crippen LogP contribution is -2.40. The normalized spacial score (nSPS) is 13.1. The van der Waals surface area contributed by atoms with Crippen molar-refractivity contribution in [2.75, 3.05) is 26.7 Å². The molecular weight excluding hydrogens is 434 g/mol. The summed E-state index contributed by atoms with van der Waals surface area (Å²) in [4.78, 5) is 37.1. The minimum Gasteiger partial charge on any atom is -0.460 e. The molecule has 0 spiro atoms. The van der Waals surface area contributed by atoms with Gasteiger partial charge in [-0.15, -0.1) is 0 Å². The largest absolute Gasteiger partial charge is 0.511 e. The lowest BCUT2D eigenvalue weighted by Gasteiger charge is -2.27. The SMILES string of the molecule is CCN(C(=O)OCOC(=O)OCCCC(=O)OC(C)(C)C)C(C)Cc1ccc2c(c1)OCO2. The molecule has 2 rings (SSSR count). The molecule has 184 valence electrons. The number of esters is 1. The highest BCUT2D eigenvalue weighted by atomic mass is 16.8. The first-order valence-corrected chi connectivity index (χ1v) is 10.9. The molecule has 0 bridgehead atoms. The van der Waals surface area contributed by atoms with Crippen molar-refractivity contribution < 1.29 is 42.8 Å². The van der Waals surface area contributed by atoms with E-state index in [1.54, 1.807) is 20.8 Å². The van der Waals surface area contributed by atoms with Crippen LogP contribution in [0, 0.1) is 0 Å². The van der Waals surface area contributed by atoms with E-state index in [0.29, 0.717) is 30.9 Å². The number of rotatable bonds is 10. The summed E-state index contributed by atoms with van der Waals surface area (Å²) in [5.41, 5.74) is 0.430. The zero-order chi connectivity index (χ0) is 24.4. The predicted octanol–water partition coefficient (Wildman–Crippen LogP) is 4.04. The number of fused-ring (bicyclic) bond motifs is 1. The zero-order valence-electron chi connectivity index (χ0n) is 19.9. The second-order valence-corrected chi connectivity index (χ2v) is 8.49. The maximum absolute atomic E-state index is 12.4. The summed E-state index contributed by atoms with van der Waals surface area (Å²) >= 11 is 0. The smallest absolute Gasteiger partial charge is 0.460 e. The number of carbonyl (C=O) groups excluding carboxylic acids is 3. The second-order valence-electron chi connectivity index (χ2n) is 8.49. The maximum atomic E-state index is 12.4. The van der Waals surface area contributed by atoms with Crippen LogP contribution in [-0.4, -0.2) is 61.5 Å². The number of hydrogen-bond donors (Lipinski definition) is 0. The van der Waals surface area contributed by atoms with Crippen LogP contribution < -0.4 is 9.47 Å². The molecule has 1 aliphatic rings. The quantitative estimate of drug-likeness (QED) is 0.218. The Morgan fingerprint density at radius 3 is 2.52 bits per heavy atom. The molecule has 0 saturated carbocycles. The highest BCUT2D eigenvalue weighted by molar-refractivity contribution is 5.70. The van der Waals surface area contributed by atoms with E-state index >= 15 is 0 Å². The standard InChI is InChI=1S/C23H33NO9/c1-6-24(16(2)12-17-9-10-18-19(13-17)30-14-29-18)21(26)31-15-32-22(27)28-11-7-8-20(25)33-23(3,4)5/h9-10,13,16H,6-8,11-12,14-15H2,1-5H3. The van der Waals surface area contributed by atoms with Gasteiger partial charge in [0.15, 0.2) is 11.5 Å². The van der Waals surface area contributed by atoms with E-state index in [9.17, 15) is 14.4 Å². The molecule has 33 heavy (non-hydrogen) atoms. The number of nitrogens with zero attached hydrogens (tertiary/aromatic N) is 1. The van der Waals surface area contributed by atoms with Crippen molar-refractivity contribution in [3.63, 3.8) is 0 Å². The van der Waals surface area contributed by atoms with Crippen LogP contribution in [0.1, 0.15) is 53.0 Å². The van der Waals surface area contributed by atoms with E-state index in [-0.39, 0.29) is 31.8 Å². The molecule has 1 heterocycles. The summed E-state index contributed by atoms with van der Waals surface area (Å²) in [6, 6.07) is 5.49. The molecule has 1 aromatic rings. The fourth-order valence-corrected chi connectivity index (χ4v) is 3.16. The molecule has 1 amide bonds.